The Kier molecular flexibility index (Phi) is 7.70. The van der Waals surface area contributed by atoms with Crippen molar-refractivity contribution in [3.63, 3.8) is 0 Å². The zero-order valence-corrected chi connectivity index (χ0v) is 24.5. The van der Waals surface area contributed by atoms with Gasteiger partial charge in [0, 0.05) is 60.5 Å². The highest BCUT2D eigenvalue weighted by Crippen LogP contribution is 2.35. The second-order valence-electron chi connectivity index (χ2n) is 11.2. The van der Waals surface area contributed by atoms with Gasteiger partial charge in [0.15, 0.2) is 35.0 Å². The Morgan fingerprint density at radius 2 is 0.857 bits per heavy atom. The molecule has 2 amide bonds. The van der Waals surface area contributed by atoms with Gasteiger partial charge in [0.2, 0.25) is 31.9 Å². The van der Waals surface area contributed by atoms with Crippen molar-refractivity contribution in [1.29, 1.82) is 0 Å². The molecule has 42 heavy (non-hydrogen) atoms. The molecule has 5 rings (SSSR count). The van der Waals surface area contributed by atoms with Crippen LogP contribution in [0.3, 0.4) is 0 Å². The minimum atomic E-state index is -3.37. The number of fused-ring (bicyclic) bond motifs is 2. The number of carbonyl (C=O) groups is 6. The van der Waals surface area contributed by atoms with E-state index in [0.29, 0.717) is 25.7 Å². The van der Waals surface area contributed by atoms with Gasteiger partial charge < -0.3 is 10.6 Å². The van der Waals surface area contributed by atoms with Gasteiger partial charge in [-0.15, -0.1) is 0 Å². The van der Waals surface area contributed by atoms with Crippen molar-refractivity contribution in [3.05, 3.63) is 34.4 Å². The third-order valence-electron chi connectivity index (χ3n) is 8.33. The van der Waals surface area contributed by atoms with Gasteiger partial charge in [0.1, 0.15) is 0 Å². The molecule has 2 aliphatic carbocycles. The number of amides is 2. The Bertz CT molecular complexity index is 1460. The minimum absolute atomic E-state index is 0.179. The lowest BCUT2D eigenvalue weighted by Crippen LogP contribution is -2.49. The third-order valence-corrected chi connectivity index (χ3v) is 10.9. The number of nitrogens with one attached hydrogen (secondary N) is 2. The molecule has 0 atom stereocenters. The standard InChI is InChI=1S/C26H30N4O10S2/c1-41(37,38)29-7-3-13(4-8-29)27-25(35)19-21(31)15-11-17-18(12-16(15)22(19)32)24(34)20(23(17)33)26(36)28-14-5-9-30(10-6-14)42(2,39)40/h11-14,19-20H,3-10H2,1-2H3,(H,27,35)(H,28,36). The van der Waals surface area contributed by atoms with Crippen LogP contribution in [-0.4, -0.2) is 111 Å². The molecule has 2 N–H and O–H groups in total. The number of benzene rings is 1. The number of ketones is 4. The summed E-state index contributed by atoms with van der Waals surface area (Å²) in [6, 6.07) is 1.32. The van der Waals surface area contributed by atoms with Crippen molar-refractivity contribution < 1.29 is 45.6 Å². The molecule has 0 unspecified atom stereocenters. The SMILES string of the molecule is CS(=O)(=O)N1CCC(NC(=O)C2C(=O)c3cc4c(cc3C2=O)C(=O)C(C(=O)NC2CCN(S(C)(=O)=O)CC2)C4=O)CC1. The summed E-state index contributed by atoms with van der Waals surface area (Å²) < 4.78 is 49.4. The zero-order chi connectivity index (χ0) is 30.7. The number of hydrogen-bond donors (Lipinski definition) is 2. The van der Waals surface area contributed by atoms with Crippen LogP contribution < -0.4 is 10.6 Å². The molecule has 4 aliphatic rings. The molecule has 0 bridgehead atoms. The highest BCUT2D eigenvalue weighted by atomic mass is 32.2. The summed E-state index contributed by atoms with van der Waals surface area (Å²) in [4.78, 5) is 78.5. The van der Waals surface area contributed by atoms with E-state index in [1.165, 1.54) is 8.61 Å². The van der Waals surface area contributed by atoms with Gasteiger partial charge in [-0.05, 0) is 37.8 Å². The van der Waals surface area contributed by atoms with Crippen LogP contribution in [0.25, 0.3) is 0 Å². The Morgan fingerprint density at radius 1 is 0.595 bits per heavy atom. The van der Waals surface area contributed by atoms with Crippen LogP contribution in [0, 0.1) is 11.8 Å². The fourth-order valence-electron chi connectivity index (χ4n) is 5.98. The van der Waals surface area contributed by atoms with Crippen LogP contribution in [0.15, 0.2) is 12.1 Å². The van der Waals surface area contributed by atoms with E-state index in [-0.39, 0.29) is 48.4 Å². The Hall–Kier alpha value is -3.34. The van der Waals surface area contributed by atoms with E-state index in [0.717, 1.165) is 24.6 Å². The number of Topliss-reactive ketones (excluding diaryl/α,β-unsaturated/α-hetero) is 4. The van der Waals surface area contributed by atoms with Crippen LogP contribution in [0.2, 0.25) is 0 Å². The van der Waals surface area contributed by atoms with E-state index in [9.17, 15) is 45.6 Å². The number of sulfonamides is 2. The lowest BCUT2D eigenvalue weighted by Gasteiger charge is -2.31. The molecule has 226 valence electrons. The van der Waals surface area contributed by atoms with Crippen molar-refractivity contribution in [3.8, 4) is 0 Å². The highest BCUT2D eigenvalue weighted by molar-refractivity contribution is 7.88. The topological polar surface area (TPSA) is 201 Å². The number of rotatable bonds is 6. The molecule has 2 heterocycles. The Morgan fingerprint density at radius 3 is 1.10 bits per heavy atom. The molecular weight excluding hydrogens is 592 g/mol. The summed E-state index contributed by atoms with van der Waals surface area (Å²) in [6.07, 6.45) is 3.40. The van der Waals surface area contributed by atoms with Gasteiger partial charge in [0.25, 0.3) is 0 Å². The summed E-state index contributed by atoms with van der Waals surface area (Å²) in [5.41, 5.74) is -0.718. The predicted octanol–water partition coefficient (Wildman–Crippen LogP) is -1.24. The Balaban J connectivity index is 1.26. The first-order chi connectivity index (χ1) is 19.6. The molecule has 2 aliphatic heterocycles. The summed E-state index contributed by atoms with van der Waals surface area (Å²) >= 11 is 0. The van der Waals surface area contributed by atoms with E-state index >= 15 is 0 Å². The lowest BCUT2D eigenvalue weighted by molar-refractivity contribution is -0.124. The Labute approximate surface area is 242 Å². The average Bonchev–Trinajstić information content (AvgIpc) is 3.30. The number of hydrogen-bond acceptors (Lipinski definition) is 10. The molecule has 2 fully saturated rings. The van der Waals surface area contributed by atoms with Crippen molar-refractivity contribution in [2.75, 3.05) is 38.7 Å². The minimum Gasteiger partial charge on any atom is -0.352 e. The van der Waals surface area contributed by atoms with Gasteiger partial charge in [-0.1, -0.05) is 0 Å². The average molecular weight is 623 g/mol. The predicted molar refractivity (Wildman–Crippen MR) is 146 cm³/mol. The van der Waals surface area contributed by atoms with Gasteiger partial charge in [-0.2, -0.15) is 0 Å². The lowest BCUT2D eigenvalue weighted by atomic mass is 9.99. The van der Waals surface area contributed by atoms with E-state index in [1.54, 1.807) is 0 Å². The number of nitrogens with zero attached hydrogens (tertiary/aromatic N) is 2. The first-order valence-electron chi connectivity index (χ1n) is 13.4. The number of piperidine rings is 2. The van der Waals surface area contributed by atoms with E-state index in [4.69, 9.17) is 0 Å². The molecule has 0 spiro atoms. The van der Waals surface area contributed by atoms with Crippen LogP contribution in [-0.2, 0) is 29.6 Å². The summed E-state index contributed by atoms with van der Waals surface area (Å²) in [7, 11) is -6.75. The molecule has 16 heteroatoms. The van der Waals surface area contributed by atoms with Gasteiger partial charge >= 0.3 is 0 Å². The molecule has 0 saturated carbocycles. The second-order valence-corrected chi connectivity index (χ2v) is 15.1. The van der Waals surface area contributed by atoms with Crippen LogP contribution in [0.4, 0.5) is 0 Å². The van der Waals surface area contributed by atoms with Crippen LogP contribution >= 0.6 is 0 Å². The first kappa shape index (κ1) is 30.1. The quantitative estimate of drug-likeness (QED) is 0.361. The zero-order valence-electron chi connectivity index (χ0n) is 22.9. The first-order valence-corrected chi connectivity index (χ1v) is 17.1. The molecule has 1 aromatic rings. The summed E-state index contributed by atoms with van der Waals surface area (Å²) in [5.74, 6) is -8.37. The van der Waals surface area contributed by atoms with E-state index in [1.807, 2.05) is 0 Å². The fourth-order valence-corrected chi connectivity index (χ4v) is 7.73. The maximum Gasteiger partial charge on any atom is 0.239 e. The van der Waals surface area contributed by atoms with Crippen molar-refractivity contribution >= 4 is 55.0 Å². The van der Waals surface area contributed by atoms with Gasteiger partial charge in [-0.3, -0.25) is 28.8 Å². The third kappa shape index (κ3) is 5.43. The molecule has 0 radical (unpaired) electrons. The van der Waals surface area contributed by atoms with Crippen LogP contribution in [0.1, 0.15) is 67.1 Å². The molecule has 2 saturated heterocycles. The summed E-state index contributed by atoms with van der Waals surface area (Å²) in [5, 5.41) is 5.30. The van der Waals surface area contributed by atoms with E-state index < -0.39 is 78.9 Å². The maximum absolute atomic E-state index is 13.1. The molecule has 0 aromatic heterocycles. The van der Waals surface area contributed by atoms with Crippen LogP contribution in [0.5, 0.6) is 0 Å². The molecule has 1 aromatic carbocycles. The number of carbonyl (C=O) groups excluding carboxylic acids is 6. The smallest absolute Gasteiger partial charge is 0.239 e. The van der Waals surface area contributed by atoms with Crippen molar-refractivity contribution in [2.45, 2.75) is 37.8 Å². The summed E-state index contributed by atoms with van der Waals surface area (Å²) in [6.45, 7) is 0.731. The fraction of sp³-hybridized carbons (Fsp3) is 0.538. The largest absolute Gasteiger partial charge is 0.352 e. The molecule has 14 nitrogen and oxygen atoms in total. The van der Waals surface area contributed by atoms with Crippen molar-refractivity contribution in [2.24, 2.45) is 11.8 Å². The second kappa shape index (κ2) is 10.7. The van der Waals surface area contributed by atoms with Gasteiger partial charge in [-0.25, -0.2) is 25.4 Å². The molecular formula is C26H30N4O10S2. The normalized spacial score (nSPS) is 22.0. The van der Waals surface area contributed by atoms with Crippen molar-refractivity contribution in [1.82, 2.24) is 19.2 Å². The maximum atomic E-state index is 13.1. The monoisotopic (exact) mass is 622 g/mol. The highest BCUT2D eigenvalue weighted by Gasteiger charge is 2.49. The van der Waals surface area contributed by atoms with E-state index in [2.05, 4.69) is 10.6 Å². The van der Waals surface area contributed by atoms with Gasteiger partial charge in [0.05, 0.1) is 12.5 Å².